The number of rotatable bonds is 2. The van der Waals surface area contributed by atoms with Crippen LogP contribution in [0.2, 0.25) is 0 Å². The van der Waals surface area contributed by atoms with E-state index in [4.69, 9.17) is 0 Å². The highest BCUT2D eigenvalue weighted by molar-refractivity contribution is 5.82. The molecule has 1 aromatic heterocycles. The van der Waals surface area contributed by atoms with E-state index in [0.717, 1.165) is 13.0 Å². The zero-order valence-corrected chi connectivity index (χ0v) is 15.4. The van der Waals surface area contributed by atoms with E-state index in [1.165, 1.54) is 50.0 Å². The highest BCUT2D eigenvalue weighted by Gasteiger charge is 2.30. The molecule has 0 fully saturated rings. The van der Waals surface area contributed by atoms with Crippen LogP contribution in [0, 0.1) is 26.7 Å². The number of hydrogen-bond acceptors (Lipinski definition) is 0. The lowest BCUT2D eigenvalue weighted by molar-refractivity contribution is -0.645. The minimum absolute atomic E-state index is 0.679. The average Bonchev–Trinajstić information content (AvgIpc) is 2.92. The molecular weight excluding hydrogens is 290 g/mol. The monoisotopic (exact) mass is 316 g/mol. The Morgan fingerprint density at radius 2 is 1.79 bits per heavy atom. The Labute approximate surface area is 145 Å². The third-order valence-corrected chi connectivity index (χ3v) is 5.68. The molecule has 0 aliphatic carbocycles. The maximum atomic E-state index is 2.51. The van der Waals surface area contributed by atoms with Crippen LogP contribution < -0.4 is 4.57 Å². The second-order valence-corrected chi connectivity index (χ2v) is 7.72. The largest absolute Gasteiger partial charge is 0.213 e. The lowest BCUT2D eigenvalue weighted by Gasteiger charge is -2.08. The number of aromatic nitrogens is 1. The fourth-order valence-electron chi connectivity index (χ4n) is 4.16. The Bertz CT molecular complexity index is 964. The molecule has 0 saturated carbocycles. The van der Waals surface area contributed by atoms with E-state index in [1.807, 2.05) is 0 Å². The third kappa shape index (κ3) is 2.18. The molecule has 0 amide bonds. The Kier molecular flexibility index (Phi) is 3.49. The molecule has 0 atom stereocenters. The summed E-state index contributed by atoms with van der Waals surface area (Å²) in [6.07, 6.45) is 1.14. The molecule has 0 saturated heterocycles. The van der Waals surface area contributed by atoms with Crippen molar-refractivity contribution in [1.29, 1.82) is 0 Å². The van der Waals surface area contributed by atoms with Gasteiger partial charge in [-0.1, -0.05) is 26.0 Å². The third-order valence-electron chi connectivity index (χ3n) is 5.68. The van der Waals surface area contributed by atoms with Crippen molar-refractivity contribution in [1.82, 2.24) is 0 Å². The molecule has 1 heteroatoms. The van der Waals surface area contributed by atoms with Gasteiger partial charge in [-0.2, -0.15) is 4.57 Å². The zero-order valence-electron chi connectivity index (χ0n) is 15.4. The minimum Gasteiger partial charge on any atom is -0.187 e. The summed E-state index contributed by atoms with van der Waals surface area (Å²) in [6.45, 7) is 12.3. The molecule has 2 heterocycles. The Hall–Kier alpha value is -2.15. The van der Waals surface area contributed by atoms with Crippen molar-refractivity contribution >= 4 is 10.9 Å². The Morgan fingerprint density at radius 1 is 1.00 bits per heavy atom. The number of pyridine rings is 1. The predicted octanol–water partition coefficient (Wildman–Crippen LogP) is 5.28. The molecule has 0 unspecified atom stereocenters. The van der Waals surface area contributed by atoms with Crippen molar-refractivity contribution in [2.24, 2.45) is 5.92 Å². The van der Waals surface area contributed by atoms with Crippen molar-refractivity contribution in [2.75, 3.05) is 0 Å². The molecule has 4 rings (SSSR count). The number of benzene rings is 2. The van der Waals surface area contributed by atoms with Gasteiger partial charge in [-0.05, 0) is 67.5 Å². The first-order valence-electron chi connectivity index (χ1n) is 9.02. The molecule has 0 spiro atoms. The molecular formula is C23H26N+. The second-order valence-electron chi connectivity index (χ2n) is 7.72. The van der Waals surface area contributed by atoms with E-state index in [1.54, 1.807) is 0 Å². The normalized spacial score (nSPS) is 12.8. The Morgan fingerprint density at radius 3 is 2.54 bits per heavy atom. The number of hydrogen-bond donors (Lipinski definition) is 0. The van der Waals surface area contributed by atoms with E-state index >= 15 is 0 Å². The van der Waals surface area contributed by atoms with Crippen LogP contribution >= 0.6 is 0 Å². The molecule has 3 aromatic rings. The van der Waals surface area contributed by atoms with E-state index in [0.29, 0.717) is 5.92 Å². The number of fused-ring (bicyclic) bond motifs is 5. The van der Waals surface area contributed by atoms with E-state index in [-0.39, 0.29) is 0 Å². The van der Waals surface area contributed by atoms with Crippen LogP contribution in [0.5, 0.6) is 0 Å². The van der Waals surface area contributed by atoms with Gasteiger partial charge in [-0.3, -0.25) is 0 Å². The van der Waals surface area contributed by atoms with E-state index in [9.17, 15) is 0 Å². The van der Waals surface area contributed by atoms with Gasteiger partial charge in [0.05, 0.1) is 5.56 Å². The second kappa shape index (κ2) is 5.44. The molecule has 122 valence electrons. The first kappa shape index (κ1) is 15.4. The summed E-state index contributed by atoms with van der Waals surface area (Å²) in [5.41, 5.74) is 11.4. The molecule has 2 aromatic carbocycles. The van der Waals surface area contributed by atoms with Crippen molar-refractivity contribution in [3.63, 3.8) is 0 Å². The minimum atomic E-state index is 0.679. The standard InChI is InChI=1S/C23H26N/c1-14(2)11-18-7-6-8-22-19(18)9-10-23-20-12-15(3)16(4)17(5)21(20)13-24(22)23/h6-10,12,14H,11,13H2,1-5H3/q+1. The van der Waals surface area contributed by atoms with Gasteiger partial charge in [0.2, 0.25) is 11.2 Å². The van der Waals surface area contributed by atoms with Gasteiger partial charge in [0.25, 0.3) is 0 Å². The quantitative estimate of drug-likeness (QED) is 0.443. The first-order chi connectivity index (χ1) is 11.5. The van der Waals surface area contributed by atoms with Crippen LogP contribution in [0.1, 0.15) is 41.7 Å². The summed E-state index contributed by atoms with van der Waals surface area (Å²) in [7, 11) is 0. The van der Waals surface area contributed by atoms with Crippen LogP contribution in [-0.2, 0) is 13.0 Å². The summed E-state index contributed by atoms with van der Waals surface area (Å²) in [4.78, 5) is 0. The van der Waals surface area contributed by atoms with Crippen molar-refractivity contribution in [3.05, 3.63) is 64.2 Å². The van der Waals surface area contributed by atoms with Crippen LogP contribution in [0.3, 0.4) is 0 Å². The van der Waals surface area contributed by atoms with E-state index < -0.39 is 0 Å². The summed E-state index contributed by atoms with van der Waals surface area (Å²) >= 11 is 0. The molecule has 1 nitrogen and oxygen atoms in total. The lowest BCUT2D eigenvalue weighted by atomic mass is 9.94. The first-order valence-corrected chi connectivity index (χ1v) is 9.02. The zero-order chi connectivity index (χ0) is 17.0. The van der Waals surface area contributed by atoms with Crippen molar-refractivity contribution in [2.45, 2.75) is 47.6 Å². The molecule has 0 bridgehead atoms. The number of nitrogens with zero attached hydrogens (tertiary/aromatic N) is 1. The van der Waals surface area contributed by atoms with Gasteiger partial charge in [0, 0.05) is 23.1 Å². The smallest absolute Gasteiger partial charge is 0.187 e. The number of aryl methyl sites for hydroxylation is 1. The average molecular weight is 316 g/mol. The fraction of sp³-hybridized carbons (Fsp3) is 0.348. The molecule has 0 radical (unpaired) electrons. The van der Waals surface area contributed by atoms with Crippen LogP contribution in [0.15, 0.2) is 36.4 Å². The van der Waals surface area contributed by atoms with Crippen LogP contribution in [-0.4, -0.2) is 0 Å². The van der Waals surface area contributed by atoms with Gasteiger partial charge >= 0.3 is 0 Å². The summed E-state index contributed by atoms with van der Waals surface area (Å²) < 4.78 is 2.51. The summed E-state index contributed by atoms with van der Waals surface area (Å²) in [6, 6.07) is 13.8. The van der Waals surface area contributed by atoms with Crippen molar-refractivity contribution < 1.29 is 4.57 Å². The Balaban J connectivity index is 1.96. The van der Waals surface area contributed by atoms with E-state index in [2.05, 4.69) is 75.6 Å². The van der Waals surface area contributed by atoms with Crippen LogP contribution in [0.4, 0.5) is 0 Å². The van der Waals surface area contributed by atoms with Gasteiger partial charge < -0.3 is 0 Å². The highest BCUT2D eigenvalue weighted by atomic mass is 15.0. The SMILES string of the molecule is Cc1cc2c(c(C)c1C)C[n+]1c-2ccc2c(CC(C)C)cccc21. The van der Waals surface area contributed by atoms with Gasteiger partial charge in [0.15, 0.2) is 6.54 Å². The van der Waals surface area contributed by atoms with Gasteiger partial charge in [-0.25, -0.2) is 0 Å². The summed E-state index contributed by atoms with van der Waals surface area (Å²) in [5, 5.41) is 1.41. The van der Waals surface area contributed by atoms with Crippen LogP contribution in [0.25, 0.3) is 22.2 Å². The van der Waals surface area contributed by atoms with Gasteiger partial charge in [-0.15, -0.1) is 0 Å². The molecule has 24 heavy (non-hydrogen) atoms. The molecule has 0 N–H and O–H groups in total. The molecule has 1 aliphatic rings. The topological polar surface area (TPSA) is 3.88 Å². The lowest BCUT2D eigenvalue weighted by Crippen LogP contribution is -2.33. The fourth-order valence-corrected chi connectivity index (χ4v) is 4.16. The maximum Gasteiger partial charge on any atom is 0.213 e. The maximum absolute atomic E-state index is 2.51. The van der Waals surface area contributed by atoms with Gasteiger partial charge in [0.1, 0.15) is 0 Å². The van der Waals surface area contributed by atoms with Crippen molar-refractivity contribution in [3.8, 4) is 11.3 Å². The summed E-state index contributed by atoms with van der Waals surface area (Å²) in [5.74, 6) is 0.679. The molecule has 1 aliphatic heterocycles. The highest BCUT2D eigenvalue weighted by Crippen LogP contribution is 2.34. The predicted molar refractivity (Wildman–Crippen MR) is 101 cm³/mol.